The Morgan fingerprint density at radius 1 is 0.865 bits per heavy atom. The van der Waals surface area contributed by atoms with E-state index < -0.39 is 29.6 Å². The minimum absolute atomic E-state index is 0.106. The summed E-state index contributed by atoms with van der Waals surface area (Å²) in [5, 5.41) is 10.2. The van der Waals surface area contributed by atoms with E-state index in [1.54, 1.807) is 0 Å². The number of esters is 1. The van der Waals surface area contributed by atoms with Crippen molar-refractivity contribution in [2.45, 2.75) is 24.7 Å². The average molecular weight is 491 g/mol. The number of benzene rings is 3. The van der Waals surface area contributed by atoms with E-state index in [1.807, 2.05) is 91.9 Å². The second-order valence-corrected chi connectivity index (χ2v) is 9.61. The molecule has 1 saturated carbocycles. The molecule has 1 N–H and O–H groups in total. The van der Waals surface area contributed by atoms with E-state index in [0.717, 1.165) is 33.4 Å². The number of hydrogen-bond acceptors (Lipinski definition) is 3. The summed E-state index contributed by atoms with van der Waals surface area (Å²) < 4.78 is 6.05. The van der Waals surface area contributed by atoms with Crippen LogP contribution in [0.25, 0.3) is 5.57 Å². The number of fused-ring (bicyclic) bond motifs is 1. The van der Waals surface area contributed by atoms with Crippen molar-refractivity contribution >= 4 is 17.5 Å². The van der Waals surface area contributed by atoms with Gasteiger partial charge in [0.05, 0.1) is 11.8 Å². The summed E-state index contributed by atoms with van der Waals surface area (Å²) in [6.45, 7) is 6.16. The van der Waals surface area contributed by atoms with E-state index in [9.17, 15) is 14.7 Å². The van der Waals surface area contributed by atoms with Gasteiger partial charge in [0.25, 0.3) is 0 Å². The molecule has 3 aromatic rings. The summed E-state index contributed by atoms with van der Waals surface area (Å²) >= 11 is 0. The van der Waals surface area contributed by atoms with E-state index in [-0.39, 0.29) is 18.5 Å². The van der Waals surface area contributed by atoms with Crippen molar-refractivity contribution in [2.24, 2.45) is 11.8 Å². The molecular weight excluding hydrogens is 460 g/mol. The number of rotatable bonds is 8. The van der Waals surface area contributed by atoms with Crippen molar-refractivity contribution in [1.82, 2.24) is 0 Å². The van der Waals surface area contributed by atoms with Gasteiger partial charge in [-0.05, 0) is 40.3 Å². The third-order valence-electron chi connectivity index (χ3n) is 7.73. The molecule has 37 heavy (non-hydrogen) atoms. The van der Waals surface area contributed by atoms with Crippen LogP contribution in [0.3, 0.4) is 0 Å². The highest BCUT2D eigenvalue weighted by Gasteiger charge is 2.59. The first-order chi connectivity index (χ1) is 18.1. The van der Waals surface area contributed by atoms with Crippen LogP contribution >= 0.6 is 0 Å². The quantitative estimate of drug-likeness (QED) is 0.355. The maximum absolute atomic E-state index is 13.8. The Morgan fingerprint density at radius 3 is 1.97 bits per heavy atom. The van der Waals surface area contributed by atoms with E-state index in [0.29, 0.717) is 0 Å². The van der Waals surface area contributed by atoms with E-state index in [4.69, 9.17) is 4.74 Å². The Hall–Kier alpha value is -4.18. The summed E-state index contributed by atoms with van der Waals surface area (Å²) in [7, 11) is 0. The number of carbonyl (C=O) groups excluding carboxylic acids is 1. The number of hydrogen-bond donors (Lipinski definition) is 1. The summed E-state index contributed by atoms with van der Waals surface area (Å²) in [5.41, 5.74) is 6.02. The van der Waals surface area contributed by atoms with Crippen LogP contribution in [0, 0.1) is 11.8 Å². The van der Waals surface area contributed by atoms with Gasteiger partial charge in [-0.3, -0.25) is 9.59 Å². The fourth-order valence-corrected chi connectivity index (χ4v) is 6.14. The highest BCUT2D eigenvalue weighted by Crippen LogP contribution is 2.58. The van der Waals surface area contributed by atoms with Gasteiger partial charge >= 0.3 is 11.9 Å². The van der Waals surface area contributed by atoms with E-state index in [2.05, 4.69) is 24.8 Å². The van der Waals surface area contributed by atoms with Gasteiger partial charge in [0.1, 0.15) is 6.61 Å². The molecule has 0 aromatic heterocycles. The van der Waals surface area contributed by atoms with Gasteiger partial charge < -0.3 is 9.84 Å². The summed E-state index contributed by atoms with van der Waals surface area (Å²) in [6, 6.07) is 27.0. The Bertz CT molecular complexity index is 1320. The van der Waals surface area contributed by atoms with Gasteiger partial charge in [-0.1, -0.05) is 110 Å². The topological polar surface area (TPSA) is 63.6 Å². The van der Waals surface area contributed by atoms with Crippen LogP contribution in [0.4, 0.5) is 0 Å². The van der Waals surface area contributed by atoms with Crippen LogP contribution in [0.5, 0.6) is 0 Å². The number of allylic oxidation sites excluding steroid dienone is 4. The van der Waals surface area contributed by atoms with Crippen LogP contribution in [0.1, 0.15) is 46.9 Å². The van der Waals surface area contributed by atoms with Crippen molar-refractivity contribution in [1.29, 1.82) is 0 Å². The molecular formula is C33H30O4. The smallest absolute Gasteiger partial charge is 0.310 e. The number of carboxylic acids is 1. The molecule has 0 radical (unpaired) electrons. The Balaban J connectivity index is 1.47. The fraction of sp³-hybridized carbons (Fsp3) is 0.212. The number of ether oxygens (including phenoxy) is 1. The monoisotopic (exact) mass is 490 g/mol. The Labute approximate surface area is 217 Å². The lowest BCUT2D eigenvalue weighted by Crippen LogP contribution is -2.51. The van der Waals surface area contributed by atoms with Gasteiger partial charge in [-0.25, -0.2) is 0 Å². The molecule has 4 heteroatoms. The van der Waals surface area contributed by atoms with Crippen molar-refractivity contribution in [3.63, 3.8) is 0 Å². The van der Waals surface area contributed by atoms with Gasteiger partial charge in [0.15, 0.2) is 0 Å². The molecule has 0 saturated heterocycles. The summed E-state index contributed by atoms with van der Waals surface area (Å²) in [4.78, 5) is 26.2. The molecule has 0 amide bonds. The number of carboxylic acid groups (broad SMARTS) is 1. The maximum Gasteiger partial charge on any atom is 0.310 e. The van der Waals surface area contributed by atoms with Crippen molar-refractivity contribution in [3.05, 3.63) is 138 Å². The van der Waals surface area contributed by atoms with Crippen LogP contribution in [0.2, 0.25) is 0 Å². The van der Waals surface area contributed by atoms with Crippen molar-refractivity contribution in [2.75, 3.05) is 6.61 Å². The van der Waals surface area contributed by atoms with Gasteiger partial charge in [-0.2, -0.15) is 0 Å². The first-order valence-corrected chi connectivity index (χ1v) is 12.6. The molecule has 0 spiro atoms. The lowest BCUT2D eigenvalue weighted by atomic mass is 9.52. The maximum atomic E-state index is 13.8. The molecule has 0 heterocycles. The van der Waals surface area contributed by atoms with Crippen molar-refractivity contribution < 1.29 is 19.4 Å². The zero-order chi connectivity index (χ0) is 25.9. The summed E-state index contributed by atoms with van der Waals surface area (Å²) in [6.07, 6.45) is 5.90. The third-order valence-corrected chi connectivity index (χ3v) is 7.73. The highest BCUT2D eigenvalue weighted by molar-refractivity contribution is 5.87. The molecule has 3 aromatic carbocycles. The molecule has 0 bridgehead atoms. The lowest BCUT2D eigenvalue weighted by molar-refractivity contribution is -0.164. The molecule has 2 aliphatic rings. The van der Waals surface area contributed by atoms with Gasteiger partial charge in [0, 0.05) is 17.8 Å². The predicted octanol–water partition coefficient (Wildman–Crippen LogP) is 6.74. The zero-order valence-electron chi connectivity index (χ0n) is 20.8. The van der Waals surface area contributed by atoms with Crippen LogP contribution in [-0.4, -0.2) is 23.7 Å². The molecule has 5 rings (SSSR count). The minimum Gasteiger partial charge on any atom is -0.481 e. The van der Waals surface area contributed by atoms with Crippen molar-refractivity contribution in [3.8, 4) is 0 Å². The van der Waals surface area contributed by atoms with Gasteiger partial charge in [-0.15, -0.1) is 0 Å². The van der Waals surface area contributed by atoms with E-state index in [1.165, 1.54) is 0 Å². The van der Waals surface area contributed by atoms with E-state index >= 15 is 0 Å². The Kier molecular flexibility index (Phi) is 6.91. The first-order valence-electron chi connectivity index (χ1n) is 12.6. The van der Waals surface area contributed by atoms with Gasteiger partial charge in [0.2, 0.25) is 0 Å². The van der Waals surface area contributed by atoms with Crippen LogP contribution in [0.15, 0.2) is 115 Å². The number of carbonyl (C=O) groups is 2. The second-order valence-electron chi connectivity index (χ2n) is 9.61. The molecule has 2 aliphatic carbocycles. The first kappa shape index (κ1) is 24.5. The number of aliphatic carboxylic acids is 1. The largest absolute Gasteiger partial charge is 0.481 e. The summed E-state index contributed by atoms with van der Waals surface area (Å²) in [5.74, 6) is -3.57. The van der Waals surface area contributed by atoms with Crippen LogP contribution < -0.4 is 0 Å². The highest BCUT2D eigenvalue weighted by atomic mass is 16.5. The molecule has 3 atom stereocenters. The predicted molar refractivity (Wildman–Crippen MR) is 145 cm³/mol. The standard InChI is InChI=1S/C33H30O4/c1-3-13-24-23(4-2)25-18-11-12-19-26(25)27(24)20-37-33(36)31-28(21-14-7-5-8-15-21)30(32(34)35)29(31)22-16-9-6-10-17-22/h3-19,27-31H,2,20H2,1H3,(H,34,35)/b13-3-/t27?,28-,29-,30?,31?/m0/s1. The normalized spacial score (nSPS) is 24.4. The fourth-order valence-electron chi connectivity index (χ4n) is 6.14. The average Bonchev–Trinajstić information content (AvgIpc) is 3.20. The lowest BCUT2D eigenvalue weighted by Gasteiger charge is -2.49. The second kappa shape index (κ2) is 10.4. The Morgan fingerprint density at radius 2 is 1.43 bits per heavy atom. The molecule has 0 aliphatic heterocycles. The molecule has 4 nitrogen and oxygen atoms in total. The molecule has 186 valence electrons. The molecule has 1 unspecified atom stereocenters. The third kappa shape index (κ3) is 4.33. The minimum atomic E-state index is -0.898. The molecule has 1 fully saturated rings. The zero-order valence-corrected chi connectivity index (χ0v) is 20.8. The van der Waals surface area contributed by atoms with Crippen LogP contribution in [-0.2, 0) is 14.3 Å². The SMILES string of the molecule is C=CC1=C(/C=C\C)C(COC(=O)C2[C@@H](c3ccccc3)C(C(=O)O)[C@@H]2c2ccccc2)c2ccccc21.